The van der Waals surface area contributed by atoms with Crippen LogP contribution in [0.3, 0.4) is 0 Å². The van der Waals surface area contributed by atoms with Gasteiger partial charge >= 0.3 is 0 Å². The second-order valence-corrected chi connectivity index (χ2v) is 12.8. The predicted octanol–water partition coefficient (Wildman–Crippen LogP) is 7.64. The van der Waals surface area contributed by atoms with Gasteiger partial charge in [0.15, 0.2) is 5.75 Å². The van der Waals surface area contributed by atoms with Crippen molar-refractivity contribution in [2.75, 3.05) is 6.54 Å². The molecule has 0 aliphatic rings. The highest BCUT2D eigenvalue weighted by Crippen LogP contribution is 2.36. The average Bonchev–Trinajstić information content (AvgIpc) is 2.91. The molecule has 0 aromatic heterocycles. The summed E-state index contributed by atoms with van der Waals surface area (Å²) >= 11 is 12.2. The Kier molecular flexibility index (Phi) is 9.87. The van der Waals surface area contributed by atoms with E-state index in [1.807, 2.05) is 48.5 Å². The number of nitrogens with zero attached hydrogens (tertiary/aromatic N) is 1. The topological polar surface area (TPSA) is 69.6 Å². The Labute approximate surface area is 245 Å². The molecule has 2 N–H and O–H groups in total. The van der Waals surface area contributed by atoms with E-state index in [1.165, 1.54) is 28.6 Å². The molecule has 0 unspecified atom stereocenters. The number of rotatable bonds is 11. The molecule has 0 aliphatic carbocycles. The van der Waals surface area contributed by atoms with Gasteiger partial charge in [-0.15, -0.1) is 0 Å². The van der Waals surface area contributed by atoms with E-state index >= 15 is 0 Å². The van der Waals surface area contributed by atoms with Gasteiger partial charge in [0.2, 0.25) is 10.0 Å². The van der Waals surface area contributed by atoms with E-state index in [0.29, 0.717) is 12.5 Å². The van der Waals surface area contributed by atoms with Crippen LogP contribution in [0.25, 0.3) is 11.1 Å². The first-order valence-corrected chi connectivity index (χ1v) is 15.0. The summed E-state index contributed by atoms with van der Waals surface area (Å²) in [5.41, 5.74) is 4.28. The largest absolute Gasteiger partial charge is 0.505 e. The van der Waals surface area contributed by atoms with Crippen LogP contribution in [0, 0.1) is 11.7 Å². The zero-order chi connectivity index (χ0) is 28.9. The smallest absolute Gasteiger partial charge is 0.247 e. The van der Waals surface area contributed by atoms with Crippen LogP contribution in [-0.2, 0) is 29.7 Å². The maximum absolute atomic E-state index is 13.9. The summed E-state index contributed by atoms with van der Waals surface area (Å²) in [5, 5.41) is 13.9. The molecule has 0 radical (unpaired) electrons. The quantitative estimate of drug-likeness (QED) is 0.185. The molecule has 0 atom stereocenters. The number of phenolic OH excluding ortho intramolecular Hbond substituents is 1. The van der Waals surface area contributed by atoms with E-state index in [2.05, 4.69) is 19.2 Å². The van der Waals surface area contributed by atoms with Gasteiger partial charge in [-0.2, -0.15) is 4.31 Å². The van der Waals surface area contributed by atoms with Crippen LogP contribution < -0.4 is 5.32 Å². The Balaban J connectivity index is 1.66. The van der Waals surface area contributed by atoms with Crippen LogP contribution in [0.5, 0.6) is 5.75 Å². The lowest BCUT2D eigenvalue weighted by atomic mass is 10.0. The Morgan fingerprint density at radius 3 is 2.10 bits per heavy atom. The van der Waals surface area contributed by atoms with Gasteiger partial charge in [0.25, 0.3) is 0 Å². The molecule has 4 aromatic rings. The molecular formula is C31H31Cl2FN2O3S. The molecule has 0 heterocycles. The number of nitrogens with one attached hydrogen (secondary N) is 1. The molecule has 4 rings (SSSR count). The van der Waals surface area contributed by atoms with Crippen molar-refractivity contribution in [2.45, 2.75) is 38.4 Å². The molecule has 5 nitrogen and oxygen atoms in total. The summed E-state index contributed by atoms with van der Waals surface area (Å²) in [7, 11) is -4.22. The van der Waals surface area contributed by atoms with E-state index in [4.69, 9.17) is 23.2 Å². The van der Waals surface area contributed by atoms with Crippen molar-refractivity contribution in [2.24, 2.45) is 5.92 Å². The van der Waals surface area contributed by atoms with E-state index in [0.717, 1.165) is 34.4 Å². The van der Waals surface area contributed by atoms with Gasteiger partial charge in [0.05, 0.1) is 5.02 Å². The number of aromatic hydroxyl groups is 1. The Hall–Kier alpha value is -2.94. The van der Waals surface area contributed by atoms with Crippen LogP contribution in [0.15, 0.2) is 89.8 Å². The number of halogens is 3. The summed E-state index contributed by atoms with van der Waals surface area (Å²) in [4.78, 5) is -0.359. The van der Waals surface area contributed by atoms with Crippen molar-refractivity contribution in [3.63, 3.8) is 0 Å². The second kappa shape index (κ2) is 13.1. The summed E-state index contributed by atoms with van der Waals surface area (Å²) in [6, 6.07) is 23.8. The van der Waals surface area contributed by atoms with E-state index < -0.39 is 15.8 Å². The minimum absolute atomic E-state index is 0.0332. The summed E-state index contributed by atoms with van der Waals surface area (Å²) < 4.78 is 42.5. The fourth-order valence-electron chi connectivity index (χ4n) is 4.30. The molecule has 0 fully saturated rings. The molecule has 0 saturated carbocycles. The molecule has 0 saturated heterocycles. The summed E-state index contributed by atoms with van der Waals surface area (Å²) in [6.07, 6.45) is 0. The van der Waals surface area contributed by atoms with Crippen molar-refractivity contribution in [1.82, 2.24) is 9.62 Å². The van der Waals surface area contributed by atoms with Crippen LogP contribution in [0.1, 0.15) is 30.5 Å². The van der Waals surface area contributed by atoms with Crippen LogP contribution in [0.4, 0.5) is 4.39 Å². The zero-order valence-electron chi connectivity index (χ0n) is 22.2. The maximum Gasteiger partial charge on any atom is 0.247 e. The summed E-state index contributed by atoms with van der Waals surface area (Å²) in [6.45, 7) is 5.89. The highest BCUT2D eigenvalue weighted by molar-refractivity contribution is 7.89. The van der Waals surface area contributed by atoms with E-state index in [-0.39, 0.29) is 33.8 Å². The Morgan fingerprint density at radius 2 is 1.45 bits per heavy atom. The Bertz CT molecular complexity index is 1560. The van der Waals surface area contributed by atoms with E-state index in [9.17, 15) is 17.9 Å². The molecule has 0 amide bonds. The van der Waals surface area contributed by atoms with E-state index in [1.54, 1.807) is 12.1 Å². The predicted molar refractivity (Wildman–Crippen MR) is 159 cm³/mol. The molecule has 9 heteroatoms. The van der Waals surface area contributed by atoms with Gasteiger partial charge < -0.3 is 10.4 Å². The molecule has 0 spiro atoms. The summed E-state index contributed by atoms with van der Waals surface area (Å²) in [5.74, 6) is -0.352. The fraction of sp³-hybridized carbons (Fsp3) is 0.226. The van der Waals surface area contributed by atoms with Gasteiger partial charge in [0.1, 0.15) is 10.7 Å². The molecular weight excluding hydrogens is 570 g/mol. The molecule has 0 bridgehead atoms. The fourth-order valence-corrected chi connectivity index (χ4v) is 6.46. The lowest BCUT2D eigenvalue weighted by Crippen LogP contribution is -2.30. The maximum atomic E-state index is 13.9. The standard InChI is InChI=1S/C31H31Cl2FN2O3S/c1-21(2)17-35-18-23-4-3-5-24(14-23)20-36(40(38,39)30-16-27(32)15-29(33)31(30)37)19-22-6-8-25(9-7-22)26-10-12-28(34)13-11-26/h3-16,21,35,37H,17-20H2,1-2H3. The average molecular weight is 602 g/mol. The lowest BCUT2D eigenvalue weighted by molar-refractivity contribution is 0.394. The third kappa shape index (κ3) is 7.62. The zero-order valence-corrected chi connectivity index (χ0v) is 24.6. The third-order valence-electron chi connectivity index (χ3n) is 6.33. The Morgan fingerprint density at radius 1 is 0.850 bits per heavy atom. The van der Waals surface area contributed by atoms with Crippen molar-refractivity contribution < 1.29 is 17.9 Å². The van der Waals surface area contributed by atoms with Crippen molar-refractivity contribution in [3.8, 4) is 16.9 Å². The van der Waals surface area contributed by atoms with Crippen molar-refractivity contribution in [1.29, 1.82) is 0 Å². The van der Waals surface area contributed by atoms with Crippen LogP contribution >= 0.6 is 23.2 Å². The number of phenols is 1. The minimum Gasteiger partial charge on any atom is -0.505 e. The van der Waals surface area contributed by atoms with Crippen molar-refractivity contribution in [3.05, 3.63) is 117 Å². The van der Waals surface area contributed by atoms with Gasteiger partial charge in [-0.05, 0) is 64.5 Å². The molecule has 210 valence electrons. The second-order valence-electron chi connectivity index (χ2n) is 10.1. The monoisotopic (exact) mass is 600 g/mol. The van der Waals surface area contributed by atoms with Crippen molar-refractivity contribution >= 4 is 33.2 Å². The first-order chi connectivity index (χ1) is 19.0. The first-order valence-electron chi connectivity index (χ1n) is 12.8. The molecule has 0 aliphatic heterocycles. The highest BCUT2D eigenvalue weighted by atomic mass is 35.5. The minimum atomic E-state index is -4.22. The molecule has 40 heavy (non-hydrogen) atoms. The lowest BCUT2D eigenvalue weighted by Gasteiger charge is -2.24. The van der Waals surface area contributed by atoms with Gasteiger partial charge in [-0.25, -0.2) is 12.8 Å². The number of benzene rings is 4. The van der Waals surface area contributed by atoms with Gasteiger partial charge in [0, 0.05) is 24.7 Å². The van der Waals surface area contributed by atoms with Crippen LogP contribution in [-0.4, -0.2) is 24.4 Å². The first kappa shape index (κ1) is 30.0. The van der Waals surface area contributed by atoms with Crippen LogP contribution in [0.2, 0.25) is 10.0 Å². The molecule has 4 aromatic carbocycles. The normalized spacial score (nSPS) is 11.9. The van der Waals surface area contributed by atoms with Gasteiger partial charge in [-0.1, -0.05) is 97.7 Å². The third-order valence-corrected chi connectivity index (χ3v) is 8.64. The SMILES string of the molecule is CC(C)CNCc1cccc(CN(Cc2ccc(-c3ccc(F)cc3)cc2)S(=O)(=O)c2cc(Cl)cc(Cl)c2O)c1. The highest BCUT2D eigenvalue weighted by Gasteiger charge is 2.29. The number of hydrogen-bond acceptors (Lipinski definition) is 4. The van der Waals surface area contributed by atoms with Gasteiger partial charge in [-0.3, -0.25) is 0 Å². The number of hydrogen-bond donors (Lipinski definition) is 2. The number of sulfonamides is 1.